The molecule has 8 heteroatoms. The van der Waals surface area contributed by atoms with Crippen molar-refractivity contribution in [2.75, 3.05) is 11.1 Å². The van der Waals surface area contributed by atoms with Crippen molar-refractivity contribution >= 4 is 45.3 Å². The van der Waals surface area contributed by atoms with Gasteiger partial charge in [-0.25, -0.2) is 4.68 Å². The number of thioether (sulfide) groups is 1. The standard InChI is InChI=1S/C18H19BrN4O2S/c1-18-8-6-16(24)23(18)14(11-26-18)17(25)21-15-7-9-20-22(15)10-12-2-4-13(19)5-3-12/h2-5,7,9,14H,6,8,10-11H2,1H3,(H,21,25)/t14-,18+/m0/s1. The van der Waals surface area contributed by atoms with Crippen LogP contribution in [0.5, 0.6) is 0 Å². The van der Waals surface area contributed by atoms with Gasteiger partial charge in [0, 0.05) is 22.7 Å². The van der Waals surface area contributed by atoms with Crippen molar-refractivity contribution < 1.29 is 9.59 Å². The average Bonchev–Trinajstić information content (AvgIpc) is 3.26. The molecule has 1 N–H and O–H groups in total. The normalized spacial score (nSPS) is 24.8. The molecule has 0 aliphatic carbocycles. The van der Waals surface area contributed by atoms with E-state index in [1.807, 2.05) is 31.2 Å². The predicted octanol–water partition coefficient (Wildman–Crippen LogP) is 3.09. The Morgan fingerprint density at radius 2 is 2.15 bits per heavy atom. The molecule has 0 radical (unpaired) electrons. The van der Waals surface area contributed by atoms with Crippen LogP contribution in [0.2, 0.25) is 0 Å². The van der Waals surface area contributed by atoms with Gasteiger partial charge in [0.05, 0.1) is 17.6 Å². The lowest BCUT2D eigenvalue weighted by molar-refractivity contribution is -0.135. The highest BCUT2D eigenvalue weighted by atomic mass is 79.9. The van der Waals surface area contributed by atoms with E-state index in [1.54, 1.807) is 33.6 Å². The summed E-state index contributed by atoms with van der Waals surface area (Å²) in [4.78, 5) is 26.6. The Balaban J connectivity index is 1.48. The van der Waals surface area contributed by atoms with Crippen molar-refractivity contribution in [3.05, 3.63) is 46.6 Å². The molecule has 2 aliphatic rings. The van der Waals surface area contributed by atoms with Crippen LogP contribution >= 0.6 is 27.7 Å². The van der Waals surface area contributed by atoms with E-state index in [0.29, 0.717) is 24.5 Å². The van der Waals surface area contributed by atoms with Crippen molar-refractivity contribution in [2.45, 2.75) is 37.2 Å². The summed E-state index contributed by atoms with van der Waals surface area (Å²) in [6, 6.07) is 9.35. The van der Waals surface area contributed by atoms with Gasteiger partial charge in [-0.3, -0.25) is 9.59 Å². The Bertz CT molecular complexity index is 853. The van der Waals surface area contributed by atoms with E-state index < -0.39 is 6.04 Å². The number of carbonyl (C=O) groups excluding carboxylic acids is 2. The zero-order valence-corrected chi connectivity index (χ0v) is 16.7. The fraction of sp³-hybridized carbons (Fsp3) is 0.389. The molecule has 1 aromatic carbocycles. The Labute approximate surface area is 164 Å². The maximum atomic E-state index is 12.8. The number of carbonyl (C=O) groups is 2. The number of hydrogen-bond acceptors (Lipinski definition) is 4. The van der Waals surface area contributed by atoms with Crippen molar-refractivity contribution in [3.63, 3.8) is 0 Å². The van der Waals surface area contributed by atoms with E-state index in [2.05, 4.69) is 26.3 Å². The van der Waals surface area contributed by atoms with E-state index in [9.17, 15) is 9.59 Å². The lowest BCUT2D eigenvalue weighted by Gasteiger charge is -2.29. The maximum Gasteiger partial charge on any atom is 0.249 e. The Hall–Kier alpha value is -1.80. The Kier molecular flexibility index (Phi) is 4.56. The van der Waals surface area contributed by atoms with Crippen LogP contribution in [-0.4, -0.2) is 43.2 Å². The summed E-state index contributed by atoms with van der Waals surface area (Å²) in [6.45, 7) is 2.61. The molecule has 2 aliphatic heterocycles. The molecule has 26 heavy (non-hydrogen) atoms. The van der Waals surface area contributed by atoms with Gasteiger partial charge in [-0.05, 0) is 31.0 Å². The molecule has 0 unspecified atom stereocenters. The molecule has 6 nitrogen and oxygen atoms in total. The lowest BCUT2D eigenvalue weighted by Crippen LogP contribution is -2.48. The first-order chi connectivity index (χ1) is 12.5. The van der Waals surface area contributed by atoms with Gasteiger partial charge in [0.25, 0.3) is 0 Å². The molecule has 136 valence electrons. The summed E-state index contributed by atoms with van der Waals surface area (Å²) in [5.41, 5.74) is 1.09. The highest BCUT2D eigenvalue weighted by Gasteiger charge is 2.52. The number of fused-ring (bicyclic) bond motifs is 1. The summed E-state index contributed by atoms with van der Waals surface area (Å²) in [5, 5.41) is 7.27. The molecule has 0 spiro atoms. The number of halogens is 1. The first kappa shape index (κ1) is 17.6. The molecular weight excluding hydrogens is 416 g/mol. The van der Waals surface area contributed by atoms with E-state index in [1.165, 1.54) is 0 Å². The Morgan fingerprint density at radius 3 is 2.92 bits per heavy atom. The molecule has 2 amide bonds. The maximum absolute atomic E-state index is 12.8. The third kappa shape index (κ3) is 3.16. The number of anilines is 1. The number of nitrogens with one attached hydrogen (secondary N) is 1. The van der Waals surface area contributed by atoms with Crippen LogP contribution in [0.15, 0.2) is 41.0 Å². The summed E-state index contributed by atoms with van der Waals surface area (Å²) in [5.74, 6) is 1.20. The first-order valence-electron chi connectivity index (χ1n) is 8.49. The number of hydrogen-bond donors (Lipinski definition) is 1. The van der Waals surface area contributed by atoms with Crippen LogP contribution < -0.4 is 5.32 Å². The van der Waals surface area contributed by atoms with Crippen molar-refractivity contribution in [1.29, 1.82) is 0 Å². The molecule has 2 saturated heterocycles. The minimum absolute atomic E-state index is 0.0704. The molecule has 2 atom stereocenters. The largest absolute Gasteiger partial charge is 0.315 e. The van der Waals surface area contributed by atoms with Crippen LogP contribution in [0.1, 0.15) is 25.3 Å². The fourth-order valence-electron chi connectivity index (χ4n) is 3.55. The van der Waals surface area contributed by atoms with Gasteiger partial charge in [0.2, 0.25) is 11.8 Å². The summed E-state index contributed by atoms with van der Waals surface area (Å²) in [6.07, 6.45) is 3.00. The third-order valence-corrected chi connectivity index (χ3v) is 6.99. The minimum Gasteiger partial charge on any atom is -0.315 e. The SMILES string of the molecule is C[C@@]12CCC(=O)N1[C@H](C(=O)Nc1ccnn1Cc1ccc(Br)cc1)CS2. The number of aromatic nitrogens is 2. The van der Waals surface area contributed by atoms with Crippen LogP contribution in [0.25, 0.3) is 0 Å². The predicted molar refractivity (Wildman–Crippen MR) is 105 cm³/mol. The topological polar surface area (TPSA) is 67.2 Å². The summed E-state index contributed by atoms with van der Waals surface area (Å²) in [7, 11) is 0. The van der Waals surface area contributed by atoms with Gasteiger partial charge in [-0.15, -0.1) is 11.8 Å². The zero-order valence-electron chi connectivity index (χ0n) is 14.3. The molecule has 0 saturated carbocycles. The van der Waals surface area contributed by atoms with Crippen molar-refractivity contribution in [2.24, 2.45) is 0 Å². The van der Waals surface area contributed by atoms with Crippen LogP contribution in [0.4, 0.5) is 5.82 Å². The molecule has 3 heterocycles. The van der Waals surface area contributed by atoms with Gasteiger partial charge in [0.1, 0.15) is 11.9 Å². The highest BCUT2D eigenvalue weighted by Crippen LogP contribution is 2.47. The van der Waals surface area contributed by atoms with Crippen molar-refractivity contribution in [3.8, 4) is 0 Å². The van der Waals surface area contributed by atoms with Gasteiger partial charge >= 0.3 is 0 Å². The third-order valence-electron chi connectivity index (χ3n) is 4.96. The molecule has 0 bridgehead atoms. The number of nitrogens with zero attached hydrogens (tertiary/aromatic N) is 3. The first-order valence-corrected chi connectivity index (χ1v) is 10.3. The van der Waals surface area contributed by atoms with E-state index >= 15 is 0 Å². The average molecular weight is 435 g/mol. The summed E-state index contributed by atoms with van der Waals surface area (Å²) < 4.78 is 2.78. The van der Waals surface area contributed by atoms with Gasteiger partial charge in [-0.2, -0.15) is 5.10 Å². The second kappa shape index (κ2) is 6.74. The second-order valence-corrected chi connectivity index (χ2v) is 9.17. The van der Waals surface area contributed by atoms with Crippen LogP contribution in [0, 0.1) is 0 Å². The van der Waals surface area contributed by atoms with Crippen LogP contribution in [0.3, 0.4) is 0 Å². The number of rotatable bonds is 4. The van der Waals surface area contributed by atoms with Gasteiger partial charge in [0.15, 0.2) is 0 Å². The monoisotopic (exact) mass is 434 g/mol. The molecular formula is C18H19BrN4O2S. The van der Waals surface area contributed by atoms with Gasteiger partial charge < -0.3 is 10.2 Å². The van der Waals surface area contributed by atoms with E-state index in [4.69, 9.17) is 0 Å². The second-order valence-electron chi connectivity index (χ2n) is 6.76. The summed E-state index contributed by atoms with van der Waals surface area (Å²) >= 11 is 5.12. The zero-order chi connectivity index (χ0) is 18.3. The molecule has 2 fully saturated rings. The molecule has 4 rings (SSSR count). The smallest absolute Gasteiger partial charge is 0.249 e. The highest BCUT2D eigenvalue weighted by molar-refractivity contribution is 9.10. The number of amides is 2. The van der Waals surface area contributed by atoms with E-state index in [0.717, 1.165) is 16.5 Å². The lowest BCUT2D eigenvalue weighted by atomic mass is 10.2. The molecule has 1 aromatic heterocycles. The van der Waals surface area contributed by atoms with Crippen LogP contribution in [-0.2, 0) is 16.1 Å². The van der Waals surface area contributed by atoms with E-state index in [-0.39, 0.29) is 16.7 Å². The van der Waals surface area contributed by atoms with Gasteiger partial charge in [-0.1, -0.05) is 28.1 Å². The van der Waals surface area contributed by atoms with Crippen molar-refractivity contribution in [1.82, 2.24) is 14.7 Å². The number of benzene rings is 1. The Morgan fingerprint density at radius 1 is 1.38 bits per heavy atom. The quantitative estimate of drug-likeness (QED) is 0.802. The fourth-order valence-corrected chi connectivity index (χ4v) is 5.25. The molecule has 2 aromatic rings. The minimum atomic E-state index is -0.420.